The molecule has 0 heterocycles. The van der Waals surface area contributed by atoms with Gasteiger partial charge in [0, 0.05) is 11.9 Å². The van der Waals surface area contributed by atoms with Crippen LogP contribution in [-0.4, -0.2) is 58.8 Å². The zero-order chi connectivity index (χ0) is 24.6. The summed E-state index contributed by atoms with van der Waals surface area (Å²) in [5.74, 6) is -5.27. The van der Waals surface area contributed by atoms with E-state index in [9.17, 15) is 29.7 Å². The van der Waals surface area contributed by atoms with Crippen molar-refractivity contribution in [2.45, 2.75) is 85.5 Å². The number of carboxylic acids is 3. The van der Waals surface area contributed by atoms with E-state index in [1.54, 1.807) is 20.8 Å². The second kappa shape index (κ2) is 16.7. The fraction of sp³-hybridized carbons (Fsp3) is 0.800. The first-order valence-electron chi connectivity index (χ1n) is 12.2. The number of hydrogen-bond acceptors (Lipinski definition) is 4. The van der Waals surface area contributed by atoms with E-state index in [0.717, 1.165) is 38.5 Å². The average Bonchev–Trinajstić information content (AvgIpc) is 2.71. The smallest absolute Gasteiger partial charge is 0.311 e. The molecule has 0 fully saturated rings. The molecule has 0 saturated carbocycles. The minimum atomic E-state index is -1.19. The molecule has 0 aromatic heterocycles. The Morgan fingerprint density at radius 1 is 0.750 bits per heavy atom. The lowest BCUT2D eigenvalue weighted by atomic mass is 10.0. The minimum absolute atomic E-state index is 0.174. The molecule has 32 heavy (non-hydrogen) atoms. The molecule has 0 spiro atoms. The van der Waals surface area contributed by atoms with Crippen LogP contribution in [0.2, 0.25) is 0 Å². The van der Waals surface area contributed by atoms with Crippen molar-refractivity contribution in [1.29, 1.82) is 0 Å². The molecule has 186 valence electrons. The van der Waals surface area contributed by atoms with Gasteiger partial charge in [-0.05, 0) is 52.4 Å². The molecular formula is C25H45NO6. The molecule has 3 unspecified atom stereocenters. The highest BCUT2D eigenvalue weighted by molar-refractivity contribution is 5.70. The van der Waals surface area contributed by atoms with Gasteiger partial charge in [0.15, 0.2) is 0 Å². The zero-order valence-electron chi connectivity index (χ0n) is 20.6. The SMILES string of the molecule is CCCCC/C=C/CCCCCC[N+](CC(C)C(=O)[O-])(CC(C)C(=O)O)CC(C)C(=O)O. The molecule has 0 bridgehead atoms. The van der Waals surface area contributed by atoms with Gasteiger partial charge in [-0.15, -0.1) is 0 Å². The molecule has 0 saturated heterocycles. The van der Waals surface area contributed by atoms with Crippen molar-refractivity contribution in [1.82, 2.24) is 0 Å². The molecule has 0 aromatic carbocycles. The first-order valence-corrected chi connectivity index (χ1v) is 12.2. The average molecular weight is 456 g/mol. The maximum absolute atomic E-state index is 11.5. The Labute approximate surface area is 194 Å². The fourth-order valence-electron chi connectivity index (χ4n) is 4.28. The van der Waals surface area contributed by atoms with Crippen molar-refractivity contribution in [3.05, 3.63) is 12.2 Å². The molecule has 0 rings (SSSR count). The molecule has 0 aromatic rings. The maximum Gasteiger partial charge on any atom is 0.311 e. The summed E-state index contributed by atoms with van der Waals surface area (Å²) < 4.78 is 0.174. The van der Waals surface area contributed by atoms with Crippen LogP contribution in [0.4, 0.5) is 0 Å². The molecule has 0 amide bonds. The predicted molar refractivity (Wildman–Crippen MR) is 124 cm³/mol. The number of rotatable bonds is 20. The molecule has 7 heteroatoms. The Morgan fingerprint density at radius 2 is 1.19 bits per heavy atom. The highest BCUT2D eigenvalue weighted by Gasteiger charge is 2.36. The fourth-order valence-corrected chi connectivity index (χ4v) is 4.28. The first-order chi connectivity index (χ1) is 15.0. The van der Waals surface area contributed by atoms with Crippen molar-refractivity contribution in [2.24, 2.45) is 17.8 Å². The molecule has 0 aliphatic heterocycles. The number of hydrogen-bond donors (Lipinski definition) is 2. The van der Waals surface area contributed by atoms with Crippen LogP contribution in [0.3, 0.4) is 0 Å². The Bertz CT molecular complexity index is 534. The van der Waals surface area contributed by atoms with E-state index in [2.05, 4.69) is 19.1 Å². The number of aliphatic carboxylic acids is 3. The zero-order valence-corrected chi connectivity index (χ0v) is 20.6. The number of carbonyl (C=O) groups excluding carboxylic acids is 1. The molecule has 7 nitrogen and oxygen atoms in total. The largest absolute Gasteiger partial charge is 0.550 e. The lowest BCUT2D eigenvalue weighted by Gasteiger charge is -2.43. The van der Waals surface area contributed by atoms with Gasteiger partial charge in [-0.2, -0.15) is 0 Å². The van der Waals surface area contributed by atoms with E-state index in [-0.39, 0.29) is 24.1 Å². The van der Waals surface area contributed by atoms with Gasteiger partial charge in [-0.1, -0.05) is 45.3 Å². The second-order valence-corrected chi connectivity index (χ2v) is 9.48. The first kappa shape index (κ1) is 30.1. The number of carbonyl (C=O) groups is 3. The third kappa shape index (κ3) is 13.5. The van der Waals surface area contributed by atoms with Gasteiger partial charge in [-0.3, -0.25) is 9.59 Å². The monoisotopic (exact) mass is 455 g/mol. The van der Waals surface area contributed by atoms with E-state index < -0.39 is 35.7 Å². The van der Waals surface area contributed by atoms with E-state index in [4.69, 9.17) is 0 Å². The topological polar surface area (TPSA) is 115 Å². The van der Waals surface area contributed by atoms with Gasteiger partial charge in [-0.25, -0.2) is 0 Å². The van der Waals surface area contributed by atoms with Gasteiger partial charge in [0.2, 0.25) is 0 Å². The van der Waals surface area contributed by atoms with Gasteiger partial charge in [0.25, 0.3) is 0 Å². The standard InChI is InChI=1S/C25H45NO6/c1-5-6-7-8-9-10-11-12-13-14-15-16-26(17-20(2)23(27)28,18-21(3)24(29)30)19-22(4)25(31)32/h9-10,20-22H,5-8,11-19H2,1-4H3,(H2-,27,28,29,30,31,32)/b10-9+. The Hall–Kier alpha value is -1.89. The highest BCUT2D eigenvalue weighted by atomic mass is 16.4. The van der Waals surface area contributed by atoms with Crippen LogP contribution in [0.1, 0.15) is 85.5 Å². The van der Waals surface area contributed by atoms with Gasteiger partial charge in [0.1, 0.15) is 11.8 Å². The second-order valence-electron chi connectivity index (χ2n) is 9.48. The van der Waals surface area contributed by atoms with Crippen LogP contribution in [0.25, 0.3) is 0 Å². The van der Waals surface area contributed by atoms with Crippen molar-refractivity contribution in [3.63, 3.8) is 0 Å². The number of quaternary nitrogens is 1. The van der Waals surface area contributed by atoms with Crippen molar-refractivity contribution >= 4 is 17.9 Å². The van der Waals surface area contributed by atoms with Crippen molar-refractivity contribution in [3.8, 4) is 0 Å². The summed E-state index contributed by atoms with van der Waals surface area (Å²) in [4.78, 5) is 34.4. The van der Waals surface area contributed by atoms with Crippen LogP contribution in [0.5, 0.6) is 0 Å². The minimum Gasteiger partial charge on any atom is -0.550 e. The molecule has 0 aliphatic rings. The van der Waals surface area contributed by atoms with Crippen molar-refractivity contribution < 1.29 is 34.2 Å². The highest BCUT2D eigenvalue weighted by Crippen LogP contribution is 2.21. The Morgan fingerprint density at radius 3 is 1.62 bits per heavy atom. The molecular weight excluding hydrogens is 410 g/mol. The van der Waals surface area contributed by atoms with Gasteiger partial charge < -0.3 is 24.6 Å². The normalized spacial score (nSPS) is 16.4. The maximum atomic E-state index is 11.5. The quantitative estimate of drug-likeness (QED) is 0.164. The van der Waals surface area contributed by atoms with Gasteiger partial charge in [0.05, 0.1) is 26.2 Å². The summed E-state index contributed by atoms with van der Waals surface area (Å²) in [5.41, 5.74) is 0. The van der Waals surface area contributed by atoms with E-state index in [1.807, 2.05) is 0 Å². The molecule has 0 aliphatic carbocycles. The van der Waals surface area contributed by atoms with E-state index in [0.29, 0.717) is 6.54 Å². The third-order valence-corrected chi connectivity index (χ3v) is 6.12. The number of carboxylic acid groups (broad SMARTS) is 3. The number of allylic oxidation sites excluding steroid dienone is 2. The lowest BCUT2D eigenvalue weighted by Crippen LogP contribution is -2.58. The van der Waals surface area contributed by atoms with Crippen molar-refractivity contribution in [2.75, 3.05) is 26.2 Å². The lowest BCUT2D eigenvalue weighted by molar-refractivity contribution is -0.934. The number of nitrogens with zero attached hydrogens (tertiary/aromatic N) is 1. The molecule has 3 atom stereocenters. The van der Waals surface area contributed by atoms with Crippen LogP contribution >= 0.6 is 0 Å². The Balaban J connectivity index is 4.98. The Kier molecular flexibility index (Phi) is 15.7. The third-order valence-electron chi connectivity index (χ3n) is 6.12. The van der Waals surface area contributed by atoms with Crippen LogP contribution in [-0.2, 0) is 14.4 Å². The summed E-state index contributed by atoms with van der Waals surface area (Å²) in [6.07, 6.45) is 14.3. The van der Waals surface area contributed by atoms with E-state index in [1.165, 1.54) is 19.3 Å². The summed E-state index contributed by atoms with van der Waals surface area (Å²) in [6, 6.07) is 0. The summed E-state index contributed by atoms with van der Waals surface area (Å²) in [5, 5.41) is 30.3. The van der Waals surface area contributed by atoms with Crippen LogP contribution in [0.15, 0.2) is 12.2 Å². The molecule has 0 radical (unpaired) electrons. The van der Waals surface area contributed by atoms with Crippen LogP contribution < -0.4 is 5.11 Å². The van der Waals surface area contributed by atoms with Gasteiger partial charge >= 0.3 is 11.9 Å². The summed E-state index contributed by atoms with van der Waals surface area (Å²) in [7, 11) is 0. The van der Waals surface area contributed by atoms with E-state index >= 15 is 0 Å². The van der Waals surface area contributed by atoms with Crippen LogP contribution in [0, 0.1) is 17.8 Å². The summed E-state index contributed by atoms with van der Waals surface area (Å²) >= 11 is 0. The summed E-state index contributed by atoms with van der Waals surface area (Å²) in [6.45, 7) is 8.11. The predicted octanol–water partition coefficient (Wildman–Crippen LogP) is 3.72. The number of unbranched alkanes of at least 4 members (excludes halogenated alkanes) is 7. The molecule has 2 N–H and O–H groups in total.